The molecule has 1 aliphatic rings. The smallest absolute Gasteiger partial charge is 0.460 e. The summed E-state index contributed by atoms with van der Waals surface area (Å²) in [5, 5.41) is 58.5. The summed E-state index contributed by atoms with van der Waals surface area (Å²) in [6, 6.07) is 41.0. The first-order valence-electron chi connectivity index (χ1n) is 21.0. The highest BCUT2D eigenvalue weighted by molar-refractivity contribution is 7.79. The van der Waals surface area contributed by atoms with Crippen molar-refractivity contribution in [3.05, 3.63) is 187 Å². The van der Waals surface area contributed by atoms with Gasteiger partial charge >= 0.3 is 23.0 Å². The summed E-state index contributed by atoms with van der Waals surface area (Å²) in [7, 11) is -12.8. The van der Waals surface area contributed by atoms with Crippen LogP contribution in [0.25, 0.3) is 0 Å². The average molecular weight is 958 g/mol. The van der Waals surface area contributed by atoms with Gasteiger partial charge in [-0.3, -0.25) is 0 Å². The van der Waals surface area contributed by atoms with Crippen molar-refractivity contribution in [1.82, 2.24) is 0 Å². The van der Waals surface area contributed by atoms with E-state index in [0.717, 1.165) is 27.8 Å². The minimum absolute atomic E-state index is 0.0155. The molecule has 0 aliphatic carbocycles. The summed E-state index contributed by atoms with van der Waals surface area (Å²) in [5.41, 5.74) is 4.25. The highest BCUT2D eigenvalue weighted by atomic mass is 31.3. The number of phenols is 1. The number of benzene rings is 6. The van der Waals surface area contributed by atoms with Crippen molar-refractivity contribution in [2.24, 2.45) is 13.5 Å². The third kappa shape index (κ3) is 13.8. The largest absolute Gasteiger partial charge is 0.508 e. The highest BCUT2D eigenvalue weighted by Crippen LogP contribution is 2.78. The average Bonchev–Trinajstić information content (AvgIpc) is 3.31. The maximum Gasteiger partial charge on any atom is 0.460 e. The van der Waals surface area contributed by atoms with Crippen molar-refractivity contribution in [3.8, 4) is 40.2 Å². The lowest BCUT2D eigenvalue weighted by molar-refractivity contribution is 0.299. The molecule has 0 amide bonds. The number of aliphatic hydroxyl groups is 5. The van der Waals surface area contributed by atoms with Crippen LogP contribution in [0.3, 0.4) is 0 Å². The van der Waals surface area contributed by atoms with Gasteiger partial charge in [0, 0.05) is 33.0 Å². The third-order valence-electron chi connectivity index (χ3n) is 9.48. The van der Waals surface area contributed by atoms with Gasteiger partial charge in [-0.2, -0.15) is 0 Å². The Morgan fingerprint density at radius 2 is 0.470 bits per heavy atom. The quantitative estimate of drug-likeness (QED) is 0.0277. The van der Waals surface area contributed by atoms with E-state index in [0.29, 0.717) is 32.1 Å². The van der Waals surface area contributed by atoms with Gasteiger partial charge in [0.15, 0.2) is 0 Å². The second kappa shape index (κ2) is 24.1. The second-order valence-corrected chi connectivity index (χ2v) is 20.6. The van der Waals surface area contributed by atoms with Crippen LogP contribution < -0.4 is 27.1 Å². The Morgan fingerprint density at radius 1 is 0.303 bits per heavy atom. The number of phenolic OH excluding ortho intramolecular Hbond substituents is 1. The zero-order valence-corrected chi connectivity index (χ0v) is 38.8. The molecule has 1 aliphatic heterocycles. The highest BCUT2D eigenvalue weighted by Gasteiger charge is 2.49. The van der Waals surface area contributed by atoms with Crippen LogP contribution in [0.1, 0.15) is 27.8 Å². The second-order valence-electron chi connectivity index (χ2n) is 14.4. The molecule has 0 radical (unpaired) electrons. The van der Waals surface area contributed by atoms with Crippen LogP contribution in [0.15, 0.2) is 172 Å². The normalized spacial score (nSPS) is 15.6. The first-order valence-corrected chi connectivity index (χ1v) is 25.6. The zero-order chi connectivity index (χ0) is 46.8. The van der Waals surface area contributed by atoms with Gasteiger partial charge in [0.2, 0.25) is 0 Å². The molecule has 0 spiro atoms. The number of rotatable bonds is 22. The zero-order valence-electron chi connectivity index (χ0n) is 36.2. The Balaban J connectivity index is 0.00000355. The topological polar surface area (TPSA) is 214 Å². The number of aromatic hydroxyl groups is 1. The molecular formula is C48H54N3O12P3. The van der Waals surface area contributed by atoms with Crippen molar-refractivity contribution in [2.45, 2.75) is 32.1 Å². The first kappa shape index (κ1) is 49.6. The number of aliphatic hydroxyl groups excluding tert-OH is 5. The standard InChI is InChI=1S/C46H50N3O12P3.C2H4/c50-30-25-35-1-13-41(14-2-35)56-62(57-42-15-3-36(4-16-42)26-31-51)47-63(58-43-17-5-37(6-18-43)27-32-52,59-44-19-7-38(8-20-44)28-33-53)49-64(48-62,61-46-23-11-40(55)12-24-46)60-45-21-9-39(10-22-45)29-34-54;1-2/h1-24,50-55H,25-34H2;1-2H2. The van der Waals surface area contributed by atoms with E-state index in [4.69, 9.17) is 40.7 Å². The molecule has 0 saturated heterocycles. The lowest BCUT2D eigenvalue weighted by Gasteiger charge is -2.33. The van der Waals surface area contributed by atoms with Gasteiger partial charge in [-0.1, -0.05) is 74.2 Å². The van der Waals surface area contributed by atoms with Gasteiger partial charge in [0.25, 0.3) is 0 Å². The van der Waals surface area contributed by atoms with E-state index in [-0.39, 0.29) is 73.3 Å². The molecule has 348 valence electrons. The van der Waals surface area contributed by atoms with Gasteiger partial charge < -0.3 is 57.8 Å². The monoisotopic (exact) mass is 957 g/mol. The SMILES string of the molecule is C=C.OCCc1ccc(OP2(Oc3ccc(O)cc3)=NP(Oc3ccc(CCO)cc3)(Oc3ccc(CCO)cc3)=NP(Oc3ccc(CCO)cc3)(Oc3ccc(CCO)cc3)=N2)cc1. The first-order chi connectivity index (χ1) is 32.1. The van der Waals surface area contributed by atoms with E-state index in [2.05, 4.69) is 13.2 Å². The van der Waals surface area contributed by atoms with Gasteiger partial charge in [0.05, 0.1) is 0 Å². The molecule has 0 fully saturated rings. The molecule has 6 N–H and O–H groups in total. The molecule has 1 unspecified atom stereocenters. The van der Waals surface area contributed by atoms with E-state index < -0.39 is 23.0 Å². The van der Waals surface area contributed by atoms with Crippen molar-refractivity contribution >= 4 is 23.0 Å². The number of hydrogen-bond donors (Lipinski definition) is 6. The van der Waals surface area contributed by atoms with Gasteiger partial charge in [0.1, 0.15) is 40.2 Å². The Bertz CT molecular complexity index is 2400. The van der Waals surface area contributed by atoms with Crippen molar-refractivity contribution in [3.63, 3.8) is 0 Å². The molecule has 6 aromatic carbocycles. The Hall–Kier alpha value is -5.85. The van der Waals surface area contributed by atoms with E-state index in [1.165, 1.54) is 24.3 Å². The fraction of sp³-hybridized carbons (Fsp3) is 0.208. The Morgan fingerprint density at radius 3 is 0.636 bits per heavy atom. The van der Waals surface area contributed by atoms with Crippen LogP contribution in [0.2, 0.25) is 0 Å². The molecule has 1 atom stereocenters. The van der Waals surface area contributed by atoms with Crippen LogP contribution in [0.4, 0.5) is 0 Å². The molecule has 0 saturated carbocycles. The lowest BCUT2D eigenvalue weighted by Crippen LogP contribution is -2.11. The van der Waals surface area contributed by atoms with E-state index in [1.54, 1.807) is 121 Å². The molecule has 15 nitrogen and oxygen atoms in total. The summed E-state index contributed by atoms with van der Waals surface area (Å²) >= 11 is 0. The Kier molecular flexibility index (Phi) is 18.1. The fourth-order valence-electron chi connectivity index (χ4n) is 6.32. The molecule has 0 bridgehead atoms. The number of hydrogen-bond acceptors (Lipinski definition) is 15. The van der Waals surface area contributed by atoms with E-state index >= 15 is 0 Å². The minimum atomic E-state index is -4.26. The summed E-state index contributed by atoms with van der Waals surface area (Å²) in [4.78, 5) is 0. The molecular weight excluding hydrogens is 903 g/mol. The predicted molar refractivity (Wildman–Crippen MR) is 257 cm³/mol. The fourth-order valence-corrected chi connectivity index (χ4v) is 15.4. The van der Waals surface area contributed by atoms with Crippen LogP contribution in [0, 0.1) is 0 Å². The Labute approximate surface area is 385 Å². The van der Waals surface area contributed by atoms with Crippen LogP contribution in [0.5, 0.6) is 40.2 Å². The summed E-state index contributed by atoms with van der Waals surface area (Å²) < 4.78 is 56.9. The molecule has 18 heteroatoms. The summed E-state index contributed by atoms with van der Waals surface area (Å²) in [5.74, 6) is 1.63. The third-order valence-corrected chi connectivity index (χ3v) is 17.6. The molecule has 7 rings (SSSR count). The molecule has 66 heavy (non-hydrogen) atoms. The molecule has 6 aromatic rings. The maximum absolute atomic E-state index is 10.3. The van der Waals surface area contributed by atoms with Gasteiger partial charge in [-0.15, -0.1) is 13.2 Å². The van der Waals surface area contributed by atoms with Gasteiger partial charge in [-0.25, -0.2) is 0 Å². The number of nitrogens with zero attached hydrogens (tertiary/aromatic N) is 3. The predicted octanol–water partition coefficient (Wildman–Crippen LogP) is 10.5. The lowest BCUT2D eigenvalue weighted by atomic mass is 10.2. The van der Waals surface area contributed by atoms with E-state index in [1.807, 2.05) is 0 Å². The van der Waals surface area contributed by atoms with E-state index in [9.17, 15) is 30.6 Å². The van der Waals surface area contributed by atoms with Gasteiger partial charge in [-0.05, 0) is 145 Å². The van der Waals surface area contributed by atoms with Crippen molar-refractivity contribution in [1.29, 1.82) is 0 Å². The van der Waals surface area contributed by atoms with Crippen LogP contribution >= 0.6 is 23.0 Å². The minimum Gasteiger partial charge on any atom is -0.508 e. The summed E-state index contributed by atoms with van der Waals surface area (Å²) in [6.45, 7) is 5.73. The van der Waals surface area contributed by atoms with Crippen LogP contribution in [-0.4, -0.2) is 63.7 Å². The van der Waals surface area contributed by atoms with Crippen molar-refractivity contribution in [2.75, 3.05) is 33.0 Å². The van der Waals surface area contributed by atoms with Crippen molar-refractivity contribution < 1.29 is 57.8 Å². The maximum atomic E-state index is 10.3. The summed E-state index contributed by atoms with van der Waals surface area (Å²) in [6.07, 6.45) is 2.06. The molecule has 1 heterocycles. The van der Waals surface area contributed by atoms with Crippen LogP contribution in [-0.2, 0) is 32.1 Å². The molecule has 0 aromatic heterocycles.